The van der Waals surface area contributed by atoms with Crippen LogP contribution < -0.4 is 10.1 Å². The van der Waals surface area contributed by atoms with Crippen molar-refractivity contribution in [2.75, 3.05) is 12.4 Å². The molecule has 0 radical (unpaired) electrons. The lowest BCUT2D eigenvalue weighted by molar-refractivity contribution is 0.102. The van der Waals surface area contributed by atoms with Crippen LogP contribution in [-0.2, 0) is 0 Å². The predicted octanol–water partition coefficient (Wildman–Crippen LogP) is 5.13. The molecule has 1 amide bonds. The number of hydrogen-bond donors (Lipinski definition) is 1. The molecule has 2 rings (SSSR count). The highest BCUT2D eigenvalue weighted by molar-refractivity contribution is 9.11. The van der Waals surface area contributed by atoms with Gasteiger partial charge in [0.1, 0.15) is 5.75 Å². The van der Waals surface area contributed by atoms with Crippen molar-refractivity contribution >= 4 is 55.1 Å². The van der Waals surface area contributed by atoms with E-state index in [-0.39, 0.29) is 5.91 Å². The van der Waals surface area contributed by atoms with Crippen molar-refractivity contribution in [2.24, 2.45) is 0 Å². The first-order valence-corrected chi connectivity index (χ1v) is 7.58. The molecule has 0 fully saturated rings. The van der Waals surface area contributed by atoms with Crippen molar-refractivity contribution in [3.05, 3.63) is 55.9 Å². The molecule has 104 valence electrons. The first-order chi connectivity index (χ1) is 9.52. The van der Waals surface area contributed by atoms with Gasteiger partial charge in [-0.2, -0.15) is 0 Å². The topological polar surface area (TPSA) is 38.3 Å². The summed E-state index contributed by atoms with van der Waals surface area (Å²) in [5, 5.41) is 3.39. The summed E-state index contributed by atoms with van der Waals surface area (Å²) < 4.78 is 6.57. The van der Waals surface area contributed by atoms with Gasteiger partial charge in [-0.05, 0) is 56.1 Å². The minimum absolute atomic E-state index is 0.258. The number of para-hydroxylation sites is 1. The van der Waals surface area contributed by atoms with E-state index < -0.39 is 0 Å². The molecule has 2 aromatic rings. The molecule has 0 aliphatic heterocycles. The molecular weight excluding hydrogens is 409 g/mol. The maximum Gasteiger partial charge on any atom is 0.259 e. The van der Waals surface area contributed by atoms with E-state index >= 15 is 0 Å². The van der Waals surface area contributed by atoms with Gasteiger partial charge in [0, 0.05) is 14.0 Å². The standard InChI is InChI=1S/C14H10Br2ClNO2/c1-20-12-5-3-2-4-9(12)14(19)18-13-10(15)6-8(17)7-11(13)16/h2-7H,1H3,(H,18,19). The van der Waals surface area contributed by atoms with Crippen LogP contribution >= 0.6 is 43.5 Å². The zero-order chi connectivity index (χ0) is 14.7. The second-order valence-electron chi connectivity index (χ2n) is 3.90. The Morgan fingerprint density at radius 1 is 1.20 bits per heavy atom. The molecule has 0 bridgehead atoms. The average Bonchev–Trinajstić information content (AvgIpc) is 2.42. The van der Waals surface area contributed by atoms with E-state index in [2.05, 4.69) is 37.2 Å². The van der Waals surface area contributed by atoms with Crippen molar-refractivity contribution in [1.29, 1.82) is 0 Å². The fraction of sp³-hybridized carbons (Fsp3) is 0.0714. The number of hydrogen-bond acceptors (Lipinski definition) is 2. The van der Waals surface area contributed by atoms with Crippen LogP contribution in [0.1, 0.15) is 10.4 Å². The SMILES string of the molecule is COc1ccccc1C(=O)Nc1c(Br)cc(Cl)cc1Br. The zero-order valence-corrected chi connectivity index (χ0v) is 14.3. The van der Waals surface area contributed by atoms with Crippen LogP contribution in [0.5, 0.6) is 5.75 Å². The third-order valence-electron chi connectivity index (χ3n) is 2.60. The number of methoxy groups -OCH3 is 1. The zero-order valence-electron chi connectivity index (χ0n) is 10.4. The van der Waals surface area contributed by atoms with Crippen molar-refractivity contribution in [3.63, 3.8) is 0 Å². The Morgan fingerprint density at radius 2 is 1.80 bits per heavy atom. The van der Waals surface area contributed by atoms with Crippen LogP contribution in [0.3, 0.4) is 0 Å². The van der Waals surface area contributed by atoms with Crippen LogP contribution in [0.15, 0.2) is 45.3 Å². The summed E-state index contributed by atoms with van der Waals surface area (Å²) in [7, 11) is 1.53. The maximum absolute atomic E-state index is 12.3. The van der Waals surface area contributed by atoms with E-state index in [4.69, 9.17) is 16.3 Å². The van der Waals surface area contributed by atoms with Crippen LogP contribution in [0.25, 0.3) is 0 Å². The lowest BCUT2D eigenvalue weighted by Crippen LogP contribution is -2.13. The number of benzene rings is 2. The number of anilines is 1. The molecule has 0 heterocycles. The molecule has 0 saturated carbocycles. The minimum Gasteiger partial charge on any atom is -0.496 e. The predicted molar refractivity (Wildman–Crippen MR) is 87.8 cm³/mol. The molecule has 0 saturated heterocycles. The second kappa shape index (κ2) is 6.61. The number of ether oxygens (including phenoxy) is 1. The van der Waals surface area contributed by atoms with Gasteiger partial charge in [-0.3, -0.25) is 4.79 Å². The third-order valence-corrected chi connectivity index (χ3v) is 4.07. The number of carbonyl (C=O) groups excluding carboxylic acids is 1. The molecule has 0 atom stereocenters. The lowest BCUT2D eigenvalue weighted by Gasteiger charge is -2.12. The highest BCUT2D eigenvalue weighted by atomic mass is 79.9. The Balaban J connectivity index is 2.33. The van der Waals surface area contributed by atoms with Crippen molar-refractivity contribution < 1.29 is 9.53 Å². The number of amides is 1. The molecule has 2 aromatic carbocycles. The summed E-state index contributed by atoms with van der Waals surface area (Å²) in [6.07, 6.45) is 0. The number of rotatable bonds is 3. The van der Waals surface area contributed by atoms with Gasteiger partial charge in [-0.25, -0.2) is 0 Å². The van der Waals surface area contributed by atoms with Gasteiger partial charge in [-0.15, -0.1) is 0 Å². The average molecular weight is 420 g/mol. The van der Waals surface area contributed by atoms with Gasteiger partial charge >= 0.3 is 0 Å². The minimum atomic E-state index is -0.258. The number of carbonyl (C=O) groups is 1. The summed E-state index contributed by atoms with van der Waals surface area (Å²) >= 11 is 12.7. The molecule has 0 aliphatic carbocycles. The molecule has 0 unspecified atom stereocenters. The summed E-state index contributed by atoms with van der Waals surface area (Å²) in [4.78, 5) is 12.3. The Labute approximate surface area is 138 Å². The summed E-state index contributed by atoms with van der Waals surface area (Å²) in [6, 6.07) is 10.5. The quantitative estimate of drug-likeness (QED) is 0.749. The molecule has 20 heavy (non-hydrogen) atoms. The van der Waals surface area contributed by atoms with Gasteiger partial charge in [0.2, 0.25) is 0 Å². The van der Waals surface area contributed by atoms with Crippen LogP contribution in [0.2, 0.25) is 5.02 Å². The monoisotopic (exact) mass is 417 g/mol. The fourth-order valence-corrected chi connectivity index (χ4v) is 3.54. The first-order valence-electron chi connectivity index (χ1n) is 5.62. The van der Waals surface area contributed by atoms with Crippen LogP contribution in [0, 0.1) is 0 Å². The van der Waals surface area contributed by atoms with Gasteiger partial charge in [-0.1, -0.05) is 23.7 Å². The largest absolute Gasteiger partial charge is 0.496 e. The molecule has 1 N–H and O–H groups in total. The second-order valence-corrected chi connectivity index (χ2v) is 6.04. The van der Waals surface area contributed by atoms with Crippen molar-refractivity contribution in [3.8, 4) is 5.75 Å². The Bertz CT molecular complexity index is 638. The van der Waals surface area contributed by atoms with Gasteiger partial charge in [0.25, 0.3) is 5.91 Å². The molecule has 0 aliphatic rings. The lowest BCUT2D eigenvalue weighted by atomic mass is 10.2. The summed E-state index contributed by atoms with van der Waals surface area (Å²) in [6.45, 7) is 0. The van der Waals surface area contributed by atoms with Gasteiger partial charge in [0.15, 0.2) is 0 Å². The first kappa shape index (κ1) is 15.4. The van der Waals surface area contributed by atoms with Crippen molar-refractivity contribution in [1.82, 2.24) is 0 Å². The third kappa shape index (κ3) is 3.34. The van der Waals surface area contributed by atoms with Gasteiger partial charge < -0.3 is 10.1 Å². The summed E-state index contributed by atoms with van der Waals surface area (Å²) in [5.41, 5.74) is 1.08. The van der Waals surface area contributed by atoms with Crippen LogP contribution in [-0.4, -0.2) is 13.0 Å². The van der Waals surface area contributed by atoms with E-state index in [9.17, 15) is 4.79 Å². The number of nitrogens with one attached hydrogen (secondary N) is 1. The summed E-state index contributed by atoms with van der Waals surface area (Å²) in [5.74, 6) is 0.261. The molecule has 0 spiro atoms. The molecule has 3 nitrogen and oxygen atoms in total. The molecule has 6 heteroatoms. The fourth-order valence-electron chi connectivity index (χ4n) is 1.67. The normalized spacial score (nSPS) is 10.2. The van der Waals surface area contributed by atoms with E-state index in [1.54, 1.807) is 30.3 Å². The highest BCUT2D eigenvalue weighted by Gasteiger charge is 2.15. The maximum atomic E-state index is 12.3. The highest BCUT2D eigenvalue weighted by Crippen LogP contribution is 2.34. The van der Waals surface area contributed by atoms with E-state index in [1.807, 2.05) is 6.07 Å². The van der Waals surface area contributed by atoms with Crippen LogP contribution in [0.4, 0.5) is 5.69 Å². The Hall–Kier alpha value is -1.04. The van der Waals surface area contributed by atoms with Crippen molar-refractivity contribution in [2.45, 2.75) is 0 Å². The molecule has 0 aromatic heterocycles. The van der Waals surface area contributed by atoms with E-state index in [1.165, 1.54) is 7.11 Å². The van der Waals surface area contributed by atoms with Gasteiger partial charge in [0.05, 0.1) is 18.4 Å². The Morgan fingerprint density at radius 3 is 2.40 bits per heavy atom. The number of halogens is 3. The molecular formula is C14H10Br2ClNO2. The van der Waals surface area contributed by atoms with E-state index in [0.29, 0.717) is 31.0 Å². The van der Waals surface area contributed by atoms with E-state index in [0.717, 1.165) is 0 Å². The Kier molecular flexibility index (Phi) is 5.07. The smallest absolute Gasteiger partial charge is 0.259 e.